The summed E-state index contributed by atoms with van der Waals surface area (Å²) in [5, 5.41) is 3.98. The van der Waals surface area contributed by atoms with Crippen molar-refractivity contribution < 1.29 is 18.0 Å². The maximum Gasteiger partial charge on any atom is 0.244 e. The molecule has 2 amide bonds. The van der Waals surface area contributed by atoms with E-state index in [1.54, 1.807) is 42.5 Å². The third kappa shape index (κ3) is 9.08. The zero-order valence-corrected chi connectivity index (χ0v) is 27.8. The van der Waals surface area contributed by atoms with Crippen LogP contribution in [0.2, 0.25) is 10.0 Å². The summed E-state index contributed by atoms with van der Waals surface area (Å²) >= 11 is 14.8. The number of hydrogen-bond donors (Lipinski definition) is 1. The van der Waals surface area contributed by atoms with Gasteiger partial charge in [0.05, 0.1) is 11.9 Å². The standard InChI is InChI=1S/C31H34Cl2IN3O4S/c1-42(40,41)37(27-16-14-25(34)15-17-27)21-30(38)36(20-23-12-13-24(32)19-28(23)33)29(18-22-8-4-2-5-9-22)31(39)35-26-10-6-3-7-11-26/h2,4-5,8-9,12-17,19,26,29H,3,6-7,10-11,18,20-21H2,1H3,(H,35,39). The van der Waals surface area contributed by atoms with Gasteiger partial charge in [-0.15, -0.1) is 0 Å². The Hall–Kier alpha value is -2.34. The van der Waals surface area contributed by atoms with Crippen LogP contribution in [0.15, 0.2) is 72.8 Å². The highest BCUT2D eigenvalue weighted by molar-refractivity contribution is 14.1. The Labute approximate surface area is 271 Å². The predicted molar refractivity (Wildman–Crippen MR) is 177 cm³/mol. The molecule has 3 aromatic carbocycles. The van der Waals surface area contributed by atoms with Gasteiger partial charge in [0, 0.05) is 32.6 Å². The highest BCUT2D eigenvalue weighted by atomic mass is 127. The summed E-state index contributed by atoms with van der Waals surface area (Å²) in [5.41, 5.74) is 1.83. The van der Waals surface area contributed by atoms with Crippen LogP contribution in [0.3, 0.4) is 0 Å². The minimum atomic E-state index is -3.83. The Bertz CT molecular complexity index is 1480. The second-order valence-electron chi connectivity index (χ2n) is 10.6. The molecule has 1 unspecified atom stereocenters. The molecular formula is C31H34Cl2IN3O4S. The number of nitrogens with zero attached hydrogens (tertiary/aromatic N) is 2. The van der Waals surface area contributed by atoms with E-state index in [9.17, 15) is 18.0 Å². The average Bonchev–Trinajstić information content (AvgIpc) is 2.95. The first-order chi connectivity index (χ1) is 20.0. The van der Waals surface area contributed by atoms with Gasteiger partial charge in [-0.2, -0.15) is 0 Å². The van der Waals surface area contributed by atoms with Crippen LogP contribution in [0.4, 0.5) is 5.69 Å². The van der Waals surface area contributed by atoms with Gasteiger partial charge >= 0.3 is 0 Å². The first kappa shape index (κ1) is 32.6. The number of rotatable bonds is 11. The topological polar surface area (TPSA) is 86.8 Å². The van der Waals surface area contributed by atoms with E-state index in [0.29, 0.717) is 21.3 Å². The fourth-order valence-corrected chi connectivity index (χ4v) is 6.83. The molecule has 0 radical (unpaired) electrons. The van der Waals surface area contributed by atoms with Crippen LogP contribution >= 0.6 is 45.8 Å². The van der Waals surface area contributed by atoms with E-state index < -0.39 is 28.5 Å². The molecule has 0 spiro atoms. The van der Waals surface area contributed by atoms with Crippen molar-refractivity contribution in [2.24, 2.45) is 0 Å². The molecule has 0 aromatic heterocycles. The number of sulfonamides is 1. The molecule has 1 fully saturated rings. The van der Waals surface area contributed by atoms with Crippen LogP contribution in [0.5, 0.6) is 0 Å². The van der Waals surface area contributed by atoms with Gasteiger partial charge < -0.3 is 10.2 Å². The molecule has 1 aliphatic carbocycles. The van der Waals surface area contributed by atoms with Crippen molar-refractivity contribution in [2.45, 2.75) is 57.2 Å². The van der Waals surface area contributed by atoms with Crippen LogP contribution in [0.1, 0.15) is 43.2 Å². The first-order valence-electron chi connectivity index (χ1n) is 13.8. The van der Waals surface area contributed by atoms with Gasteiger partial charge in [-0.1, -0.05) is 78.9 Å². The van der Waals surface area contributed by atoms with E-state index in [1.165, 1.54) is 4.90 Å². The van der Waals surface area contributed by atoms with E-state index in [4.69, 9.17) is 23.2 Å². The quantitative estimate of drug-likeness (QED) is 0.229. The van der Waals surface area contributed by atoms with Gasteiger partial charge in [-0.25, -0.2) is 8.42 Å². The molecule has 1 N–H and O–H groups in total. The normalized spacial score (nSPS) is 14.7. The maximum atomic E-state index is 14.2. The molecule has 224 valence electrons. The molecule has 42 heavy (non-hydrogen) atoms. The lowest BCUT2D eigenvalue weighted by Gasteiger charge is -2.35. The minimum absolute atomic E-state index is 0.00525. The van der Waals surface area contributed by atoms with E-state index in [1.807, 2.05) is 30.3 Å². The van der Waals surface area contributed by atoms with E-state index in [0.717, 1.165) is 51.8 Å². The summed E-state index contributed by atoms with van der Waals surface area (Å²) in [7, 11) is -3.83. The van der Waals surface area contributed by atoms with E-state index >= 15 is 0 Å². The molecule has 3 aromatic rings. The largest absolute Gasteiger partial charge is 0.352 e. The van der Waals surface area contributed by atoms with Crippen molar-refractivity contribution >= 4 is 73.3 Å². The monoisotopic (exact) mass is 741 g/mol. The van der Waals surface area contributed by atoms with Crippen LogP contribution < -0.4 is 9.62 Å². The minimum Gasteiger partial charge on any atom is -0.352 e. The van der Waals surface area contributed by atoms with E-state index in [-0.39, 0.29) is 24.9 Å². The third-order valence-corrected chi connectivity index (χ3v) is 9.82. The lowest BCUT2D eigenvalue weighted by molar-refractivity contribution is -0.140. The number of halogens is 3. The molecule has 7 nitrogen and oxygen atoms in total. The summed E-state index contributed by atoms with van der Waals surface area (Å²) in [5.74, 6) is -0.797. The number of carbonyl (C=O) groups is 2. The number of anilines is 1. The molecule has 1 atom stereocenters. The molecule has 1 saturated carbocycles. The van der Waals surface area contributed by atoms with Gasteiger partial charge in [0.1, 0.15) is 12.6 Å². The van der Waals surface area contributed by atoms with Crippen LogP contribution in [0.25, 0.3) is 0 Å². The Kier molecular flexibility index (Phi) is 11.6. The average molecular weight is 743 g/mol. The summed E-state index contributed by atoms with van der Waals surface area (Å²) in [6.45, 7) is -0.485. The van der Waals surface area contributed by atoms with Crippen molar-refractivity contribution in [3.63, 3.8) is 0 Å². The van der Waals surface area contributed by atoms with Gasteiger partial charge in [0.25, 0.3) is 0 Å². The molecular weight excluding hydrogens is 708 g/mol. The van der Waals surface area contributed by atoms with Gasteiger partial charge in [-0.3, -0.25) is 13.9 Å². The van der Waals surface area contributed by atoms with Gasteiger partial charge in [-0.05, 0) is 83.0 Å². The lowest BCUT2D eigenvalue weighted by atomic mass is 9.94. The maximum absolute atomic E-state index is 14.2. The summed E-state index contributed by atoms with van der Waals surface area (Å²) in [6.07, 6.45) is 6.30. The molecule has 0 aliphatic heterocycles. The Morgan fingerprint density at radius 3 is 2.26 bits per heavy atom. The van der Waals surface area contributed by atoms with Crippen molar-refractivity contribution in [3.8, 4) is 0 Å². The second-order valence-corrected chi connectivity index (χ2v) is 14.5. The molecule has 11 heteroatoms. The Morgan fingerprint density at radius 1 is 0.976 bits per heavy atom. The fraction of sp³-hybridized carbons (Fsp3) is 0.355. The number of hydrogen-bond acceptors (Lipinski definition) is 4. The highest BCUT2D eigenvalue weighted by Gasteiger charge is 2.34. The smallest absolute Gasteiger partial charge is 0.244 e. The fourth-order valence-electron chi connectivity index (χ4n) is 5.15. The van der Waals surface area contributed by atoms with Crippen LogP contribution in [-0.4, -0.2) is 50.0 Å². The molecule has 0 bridgehead atoms. The number of nitrogens with one attached hydrogen (secondary N) is 1. The predicted octanol–water partition coefficient (Wildman–Crippen LogP) is 6.45. The summed E-state index contributed by atoms with van der Waals surface area (Å²) < 4.78 is 27.8. The highest BCUT2D eigenvalue weighted by Crippen LogP contribution is 2.26. The van der Waals surface area contributed by atoms with Gasteiger partial charge in [0.2, 0.25) is 21.8 Å². The zero-order chi connectivity index (χ0) is 30.3. The van der Waals surface area contributed by atoms with Crippen molar-refractivity contribution in [1.29, 1.82) is 0 Å². The Morgan fingerprint density at radius 2 is 1.64 bits per heavy atom. The second kappa shape index (κ2) is 14.9. The molecule has 1 aliphatic rings. The number of carbonyl (C=O) groups excluding carboxylic acids is 2. The summed E-state index contributed by atoms with van der Waals surface area (Å²) in [6, 6.07) is 20.5. The van der Waals surface area contributed by atoms with Crippen LogP contribution in [-0.2, 0) is 32.6 Å². The summed E-state index contributed by atoms with van der Waals surface area (Å²) in [4.78, 5) is 29.7. The van der Waals surface area contributed by atoms with Crippen molar-refractivity contribution in [2.75, 3.05) is 17.1 Å². The van der Waals surface area contributed by atoms with Crippen LogP contribution in [0, 0.1) is 3.57 Å². The SMILES string of the molecule is CS(=O)(=O)N(CC(=O)N(Cc1ccc(Cl)cc1Cl)C(Cc1ccccc1)C(=O)NC1CCCCC1)c1ccc(I)cc1. The molecule has 4 rings (SSSR count). The van der Waals surface area contributed by atoms with Crippen molar-refractivity contribution in [1.82, 2.24) is 10.2 Å². The first-order valence-corrected chi connectivity index (χ1v) is 17.5. The lowest BCUT2D eigenvalue weighted by Crippen LogP contribution is -2.55. The molecule has 0 heterocycles. The Balaban J connectivity index is 1.74. The third-order valence-electron chi connectivity index (χ3n) is 7.37. The van der Waals surface area contributed by atoms with Crippen molar-refractivity contribution in [3.05, 3.63) is 97.5 Å². The zero-order valence-electron chi connectivity index (χ0n) is 23.3. The molecule has 0 saturated heterocycles. The van der Waals surface area contributed by atoms with E-state index in [2.05, 4.69) is 27.9 Å². The number of benzene rings is 3. The van der Waals surface area contributed by atoms with Gasteiger partial charge in [0.15, 0.2) is 0 Å². The number of amides is 2.